The second-order valence-electron chi connectivity index (χ2n) is 3.67. The fraction of sp³-hybridized carbons (Fsp3) is 0.600. The van der Waals surface area contributed by atoms with Gasteiger partial charge in [0.1, 0.15) is 5.82 Å². The van der Waals surface area contributed by atoms with Gasteiger partial charge in [0.2, 0.25) is 0 Å². The minimum absolute atomic E-state index is 0.0987. The summed E-state index contributed by atoms with van der Waals surface area (Å²) in [6, 6.07) is 0.486. The predicted molar refractivity (Wildman–Crippen MR) is 55.4 cm³/mol. The zero-order valence-corrected chi connectivity index (χ0v) is 8.50. The molecular weight excluding hydrogens is 194 g/mol. The van der Waals surface area contributed by atoms with E-state index in [2.05, 4.69) is 9.97 Å². The van der Waals surface area contributed by atoms with Crippen LogP contribution in [0.4, 0.5) is 5.82 Å². The summed E-state index contributed by atoms with van der Waals surface area (Å²) in [7, 11) is 0. The zero-order chi connectivity index (χ0) is 10.7. The first kappa shape index (κ1) is 10.3. The monoisotopic (exact) mass is 209 g/mol. The first-order chi connectivity index (χ1) is 7.35. The third-order valence-corrected chi connectivity index (χ3v) is 2.46. The molecule has 0 bridgehead atoms. The van der Waals surface area contributed by atoms with Gasteiger partial charge in [0.25, 0.3) is 0 Å². The van der Waals surface area contributed by atoms with E-state index in [1.165, 1.54) is 0 Å². The maximum atomic E-state index is 8.96. The lowest BCUT2D eigenvalue weighted by atomic mass is 10.4. The Balaban J connectivity index is 2.16. The molecule has 0 atom stereocenters. The van der Waals surface area contributed by atoms with Crippen molar-refractivity contribution in [3.8, 4) is 0 Å². The van der Waals surface area contributed by atoms with Gasteiger partial charge < -0.3 is 15.1 Å². The predicted octanol–water partition coefficient (Wildman–Crippen LogP) is -0.0700. The van der Waals surface area contributed by atoms with Gasteiger partial charge in [0.15, 0.2) is 0 Å². The molecular formula is C10H15N3O2. The lowest BCUT2D eigenvalue weighted by Gasteiger charge is -2.22. The van der Waals surface area contributed by atoms with Crippen molar-refractivity contribution in [3.63, 3.8) is 0 Å². The summed E-state index contributed by atoms with van der Waals surface area (Å²) in [5, 5.41) is 17.9. The number of hydrogen-bond acceptors (Lipinski definition) is 5. The average Bonchev–Trinajstić information content (AvgIpc) is 3.10. The van der Waals surface area contributed by atoms with Crippen LogP contribution in [-0.2, 0) is 6.61 Å². The van der Waals surface area contributed by atoms with Gasteiger partial charge >= 0.3 is 0 Å². The van der Waals surface area contributed by atoms with Crippen LogP contribution in [0.1, 0.15) is 18.5 Å². The first-order valence-electron chi connectivity index (χ1n) is 5.14. The zero-order valence-electron chi connectivity index (χ0n) is 8.50. The van der Waals surface area contributed by atoms with Crippen molar-refractivity contribution >= 4 is 5.82 Å². The number of nitrogens with zero attached hydrogens (tertiary/aromatic N) is 3. The molecule has 1 fully saturated rings. The molecule has 1 aromatic rings. The molecule has 0 saturated heterocycles. The Kier molecular flexibility index (Phi) is 3.13. The minimum Gasteiger partial charge on any atom is -0.395 e. The molecule has 0 unspecified atom stereocenters. The lowest BCUT2D eigenvalue weighted by Crippen LogP contribution is -2.30. The van der Waals surface area contributed by atoms with E-state index in [1.807, 2.05) is 4.90 Å². The van der Waals surface area contributed by atoms with Crippen molar-refractivity contribution in [2.24, 2.45) is 0 Å². The fourth-order valence-electron chi connectivity index (χ4n) is 1.59. The summed E-state index contributed by atoms with van der Waals surface area (Å²) in [4.78, 5) is 10.3. The molecule has 5 nitrogen and oxygen atoms in total. The van der Waals surface area contributed by atoms with Crippen molar-refractivity contribution in [1.82, 2.24) is 9.97 Å². The number of aliphatic hydroxyl groups is 2. The van der Waals surface area contributed by atoms with Gasteiger partial charge in [0.05, 0.1) is 31.3 Å². The largest absolute Gasteiger partial charge is 0.395 e. The molecule has 5 heteroatoms. The van der Waals surface area contributed by atoms with Gasteiger partial charge in [-0.3, -0.25) is 4.98 Å². The summed E-state index contributed by atoms with van der Waals surface area (Å²) in [5.74, 6) is 0.748. The Morgan fingerprint density at radius 3 is 2.73 bits per heavy atom. The number of rotatable bonds is 5. The van der Waals surface area contributed by atoms with Crippen LogP contribution in [0.3, 0.4) is 0 Å². The molecule has 0 aliphatic heterocycles. The highest BCUT2D eigenvalue weighted by molar-refractivity contribution is 5.39. The summed E-state index contributed by atoms with van der Waals surface area (Å²) in [6.45, 7) is 0.592. The average molecular weight is 209 g/mol. The van der Waals surface area contributed by atoms with Gasteiger partial charge in [-0.15, -0.1) is 0 Å². The normalized spacial score (nSPS) is 15.3. The van der Waals surface area contributed by atoms with E-state index in [-0.39, 0.29) is 13.2 Å². The van der Waals surface area contributed by atoms with E-state index in [0.29, 0.717) is 18.3 Å². The molecule has 0 radical (unpaired) electrons. The molecule has 1 aromatic heterocycles. The summed E-state index contributed by atoms with van der Waals surface area (Å²) in [5.41, 5.74) is 0.566. The van der Waals surface area contributed by atoms with Gasteiger partial charge in [0, 0.05) is 12.6 Å². The van der Waals surface area contributed by atoms with Crippen LogP contribution >= 0.6 is 0 Å². The molecule has 1 saturated carbocycles. The van der Waals surface area contributed by atoms with E-state index in [9.17, 15) is 0 Å². The van der Waals surface area contributed by atoms with E-state index < -0.39 is 0 Å². The highest BCUT2D eigenvalue weighted by atomic mass is 16.3. The van der Waals surface area contributed by atoms with E-state index >= 15 is 0 Å². The van der Waals surface area contributed by atoms with Crippen LogP contribution in [0.5, 0.6) is 0 Å². The molecule has 2 rings (SSSR count). The Bertz CT molecular complexity index is 328. The molecule has 1 aliphatic carbocycles. The molecule has 1 heterocycles. The molecule has 82 valence electrons. The van der Waals surface area contributed by atoms with Crippen LogP contribution in [0.2, 0.25) is 0 Å². The van der Waals surface area contributed by atoms with E-state index in [1.54, 1.807) is 12.4 Å². The van der Waals surface area contributed by atoms with Crippen molar-refractivity contribution in [2.75, 3.05) is 18.1 Å². The third kappa shape index (κ3) is 2.43. The van der Waals surface area contributed by atoms with Crippen molar-refractivity contribution in [2.45, 2.75) is 25.5 Å². The van der Waals surface area contributed by atoms with Gasteiger partial charge in [-0.2, -0.15) is 0 Å². The van der Waals surface area contributed by atoms with E-state index in [0.717, 1.165) is 18.7 Å². The highest BCUT2D eigenvalue weighted by Gasteiger charge is 2.29. The third-order valence-electron chi connectivity index (χ3n) is 2.46. The summed E-state index contributed by atoms with van der Waals surface area (Å²) >= 11 is 0. The van der Waals surface area contributed by atoms with Crippen LogP contribution < -0.4 is 4.90 Å². The van der Waals surface area contributed by atoms with Gasteiger partial charge in [-0.25, -0.2) is 4.98 Å². The van der Waals surface area contributed by atoms with Crippen LogP contribution in [0.25, 0.3) is 0 Å². The molecule has 0 spiro atoms. The van der Waals surface area contributed by atoms with Crippen LogP contribution in [0.15, 0.2) is 12.4 Å². The number of aliphatic hydroxyl groups excluding tert-OH is 2. The first-order valence-corrected chi connectivity index (χ1v) is 5.14. The second kappa shape index (κ2) is 4.55. The molecule has 1 aliphatic rings. The van der Waals surface area contributed by atoms with Crippen LogP contribution in [-0.4, -0.2) is 39.4 Å². The molecule has 2 N–H and O–H groups in total. The second-order valence-corrected chi connectivity index (χ2v) is 3.67. The number of aromatic nitrogens is 2. The lowest BCUT2D eigenvalue weighted by molar-refractivity contribution is 0.276. The van der Waals surface area contributed by atoms with Crippen LogP contribution in [0, 0.1) is 0 Å². The topological polar surface area (TPSA) is 69.5 Å². The Morgan fingerprint density at radius 1 is 1.33 bits per heavy atom. The fourth-order valence-corrected chi connectivity index (χ4v) is 1.59. The smallest absolute Gasteiger partial charge is 0.147 e. The molecule has 0 aromatic carbocycles. The number of anilines is 1. The maximum Gasteiger partial charge on any atom is 0.147 e. The maximum absolute atomic E-state index is 8.96. The molecule has 0 amide bonds. The van der Waals surface area contributed by atoms with Crippen molar-refractivity contribution in [1.29, 1.82) is 0 Å². The van der Waals surface area contributed by atoms with Crippen molar-refractivity contribution in [3.05, 3.63) is 18.1 Å². The Morgan fingerprint density at radius 2 is 2.13 bits per heavy atom. The van der Waals surface area contributed by atoms with Gasteiger partial charge in [-0.05, 0) is 12.8 Å². The number of hydrogen-bond donors (Lipinski definition) is 2. The highest BCUT2D eigenvalue weighted by Crippen LogP contribution is 2.29. The SMILES string of the molecule is OCCN(c1cncc(CO)n1)C1CC1. The molecule has 15 heavy (non-hydrogen) atoms. The summed E-state index contributed by atoms with van der Waals surface area (Å²) in [6.07, 6.45) is 5.51. The standard InChI is InChI=1S/C10H15N3O2/c14-4-3-13(9-1-2-9)10-6-11-5-8(7-15)12-10/h5-6,9,14-15H,1-4,7H2. The Hall–Kier alpha value is -1.20. The quantitative estimate of drug-likeness (QED) is 0.710. The van der Waals surface area contributed by atoms with Crippen molar-refractivity contribution < 1.29 is 10.2 Å². The van der Waals surface area contributed by atoms with Gasteiger partial charge in [-0.1, -0.05) is 0 Å². The Labute approximate surface area is 88.4 Å². The minimum atomic E-state index is -0.0987. The summed E-state index contributed by atoms with van der Waals surface area (Å²) < 4.78 is 0. The van der Waals surface area contributed by atoms with E-state index in [4.69, 9.17) is 10.2 Å².